The van der Waals surface area contributed by atoms with E-state index < -0.39 is 0 Å². The summed E-state index contributed by atoms with van der Waals surface area (Å²) >= 11 is 0. The second kappa shape index (κ2) is 4.72. The topological polar surface area (TPSA) is 46.5 Å². The Hall–Kier alpha value is -1.58. The van der Waals surface area contributed by atoms with Gasteiger partial charge in [0.2, 0.25) is 0 Å². The molecule has 21 heavy (non-hydrogen) atoms. The molecule has 0 bridgehead atoms. The van der Waals surface area contributed by atoms with E-state index in [2.05, 4.69) is 60.8 Å². The fourth-order valence-electron chi connectivity index (χ4n) is 3.08. The molecule has 1 N–H and O–H groups in total. The van der Waals surface area contributed by atoms with Gasteiger partial charge in [-0.3, -0.25) is 9.78 Å². The molecule has 2 atom stereocenters. The van der Waals surface area contributed by atoms with Crippen molar-refractivity contribution in [3.05, 3.63) is 35.9 Å². The molecule has 0 aliphatic heterocycles. The van der Waals surface area contributed by atoms with E-state index in [1.165, 1.54) is 24.0 Å². The molecule has 1 unspecified atom stereocenters. The zero-order valence-corrected chi connectivity index (χ0v) is 13.7. The van der Waals surface area contributed by atoms with Crippen LogP contribution in [0.25, 0.3) is 0 Å². The Morgan fingerprint density at radius 1 is 1.19 bits per heavy atom. The van der Waals surface area contributed by atoms with Gasteiger partial charge in [0.25, 0.3) is 0 Å². The summed E-state index contributed by atoms with van der Waals surface area (Å²) in [5, 5.41) is 11.6. The molecule has 0 saturated heterocycles. The first kappa shape index (κ1) is 14.4. The highest BCUT2D eigenvalue weighted by Crippen LogP contribution is 2.50. The maximum atomic E-state index is 4.59. The van der Waals surface area contributed by atoms with Crippen molar-refractivity contribution in [2.45, 2.75) is 64.3 Å². The van der Waals surface area contributed by atoms with E-state index in [4.69, 9.17) is 0 Å². The maximum Gasteiger partial charge on any atom is 0.0552 e. The van der Waals surface area contributed by atoms with Crippen molar-refractivity contribution in [3.8, 4) is 0 Å². The van der Waals surface area contributed by atoms with Crippen molar-refractivity contribution < 1.29 is 0 Å². The van der Waals surface area contributed by atoms with Gasteiger partial charge in [0.1, 0.15) is 0 Å². The quantitative estimate of drug-likeness (QED) is 0.928. The number of hydrogen-bond acceptors (Lipinski definition) is 2. The van der Waals surface area contributed by atoms with Gasteiger partial charge in [-0.2, -0.15) is 10.2 Å². The van der Waals surface area contributed by atoms with Crippen molar-refractivity contribution in [2.24, 2.45) is 5.92 Å². The van der Waals surface area contributed by atoms with E-state index in [-0.39, 0.29) is 10.8 Å². The molecule has 1 aliphatic rings. The van der Waals surface area contributed by atoms with Crippen LogP contribution in [0.3, 0.4) is 0 Å². The summed E-state index contributed by atoms with van der Waals surface area (Å²) in [6, 6.07) is 0.576. The molecule has 2 aromatic rings. The lowest BCUT2D eigenvalue weighted by Gasteiger charge is -2.23. The van der Waals surface area contributed by atoms with E-state index >= 15 is 0 Å². The van der Waals surface area contributed by atoms with Crippen LogP contribution < -0.4 is 0 Å². The summed E-state index contributed by atoms with van der Waals surface area (Å²) in [7, 11) is 0. The van der Waals surface area contributed by atoms with Crippen LogP contribution in [0.15, 0.2) is 24.8 Å². The zero-order valence-electron chi connectivity index (χ0n) is 13.7. The fraction of sp³-hybridized carbons (Fsp3) is 0.647. The fourth-order valence-corrected chi connectivity index (χ4v) is 3.08. The number of hydrogen-bond donors (Lipinski definition) is 1. The highest BCUT2D eigenvalue weighted by molar-refractivity contribution is 5.19. The second-order valence-corrected chi connectivity index (χ2v) is 8.10. The van der Waals surface area contributed by atoms with Crippen molar-refractivity contribution >= 4 is 0 Å². The lowest BCUT2D eigenvalue weighted by atomic mass is 9.81. The third-order valence-corrected chi connectivity index (χ3v) is 4.74. The highest BCUT2D eigenvalue weighted by atomic mass is 15.3. The molecular weight excluding hydrogens is 260 g/mol. The third-order valence-electron chi connectivity index (χ3n) is 4.74. The average Bonchev–Trinajstić information content (AvgIpc) is 2.91. The van der Waals surface area contributed by atoms with Crippen LogP contribution >= 0.6 is 0 Å². The van der Waals surface area contributed by atoms with E-state index in [1.54, 1.807) is 0 Å². The number of rotatable bonds is 4. The van der Waals surface area contributed by atoms with Crippen molar-refractivity contribution in [1.29, 1.82) is 0 Å². The number of H-pyrrole nitrogens is 1. The second-order valence-electron chi connectivity index (χ2n) is 8.10. The molecule has 4 nitrogen and oxygen atoms in total. The minimum Gasteiger partial charge on any atom is -0.285 e. The highest BCUT2D eigenvalue weighted by Gasteiger charge is 2.43. The number of aromatic amines is 1. The summed E-state index contributed by atoms with van der Waals surface area (Å²) in [4.78, 5) is 0. The first-order valence-corrected chi connectivity index (χ1v) is 7.81. The Kier molecular flexibility index (Phi) is 3.23. The van der Waals surface area contributed by atoms with Crippen molar-refractivity contribution in [3.63, 3.8) is 0 Å². The summed E-state index contributed by atoms with van der Waals surface area (Å²) in [5.74, 6) is 0.725. The molecule has 0 spiro atoms. The van der Waals surface area contributed by atoms with Crippen LogP contribution in [0.4, 0.5) is 0 Å². The predicted molar refractivity (Wildman–Crippen MR) is 84.3 cm³/mol. The zero-order chi connectivity index (χ0) is 15.3. The third kappa shape index (κ3) is 2.89. The van der Waals surface area contributed by atoms with Gasteiger partial charge in [0, 0.05) is 12.4 Å². The minimum absolute atomic E-state index is 0.173. The Morgan fingerprint density at radius 2 is 1.95 bits per heavy atom. The standard InChI is InChI=1S/C17H26N4/c1-16(2,3)14-10-20-21(11-14)15-6-12(15)7-17(4,5)13-8-18-19-9-13/h8-12,15H,6-7H2,1-5H3,(H,18,19)/t12-,15?/m0/s1. The van der Waals surface area contributed by atoms with Crippen LogP contribution in [0, 0.1) is 5.92 Å². The molecule has 0 radical (unpaired) electrons. The Labute approximate surface area is 127 Å². The summed E-state index contributed by atoms with van der Waals surface area (Å²) < 4.78 is 2.18. The molecule has 4 heteroatoms. The van der Waals surface area contributed by atoms with E-state index in [0.29, 0.717) is 6.04 Å². The first-order valence-electron chi connectivity index (χ1n) is 7.81. The Morgan fingerprint density at radius 3 is 2.52 bits per heavy atom. The monoisotopic (exact) mass is 286 g/mol. The predicted octanol–water partition coefficient (Wildman–Crippen LogP) is 3.83. The molecule has 2 heterocycles. The normalized spacial score (nSPS) is 22.5. The van der Waals surface area contributed by atoms with Crippen LogP contribution in [0.1, 0.15) is 64.6 Å². The van der Waals surface area contributed by atoms with Crippen LogP contribution in [0.5, 0.6) is 0 Å². The van der Waals surface area contributed by atoms with Crippen LogP contribution in [-0.2, 0) is 10.8 Å². The molecule has 1 fully saturated rings. The van der Waals surface area contributed by atoms with Gasteiger partial charge >= 0.3 is 0 Å². The molecular formula is C17H26N4. The molecule has 1 aliphatic carbocycles. The minimum atomic E-state index is 0.173. The van der Waals surface area contributed by atoms with Crippen molar-refractivity contribution in [1.82, 2.24) is 20.0 Å². The lowest BCUT2D eigenvalue weighted by molar-refractivity contribution is 0.423. The summed E-state index contributed by atoms with van der Waals surface area (Å²) in [6.45, 7) is 11.3. The van der Waals surface area contributed by atoms with Gasteiger partial charge in [-0.25, -0.2) is 0 Å². The number of nitrogens with one attached hydrogen (secondary N) is 1. The Bertz CT molecular complexity index is 601. The van der Waals surface area contributed by atoms with Gasteiger partial charge in [0.15, 0.2) is 0 Å². The van der Waals surface area contributed by atoms with Crippen LogP contribution in [0.2, 0.25) is 0 Å². The molecule has 0 amide bonds. The van der Waals surface area contributed by atoms with Crippen LogP contribution in [-0.4, -0.2) is 20.0 Å². The molecule has 0 aromatic carbocycles. The molecule has 2 aromatic heterocycles. The maximum absolute atomic E-state index is 4.59. The summed E-state index contributed by atoms with van der Waals surface area (Å²) in [5.41, 5.74) is 2.97. The SMILES string of the molecule is CC(C)(C)c1cnn(C2C[C@H]2CC(C)(C)c2cn[nH]c2)c1. The van der Waals surface area contributed by atoms with Crippen molar-refractivity contribution in [2.75, 3.05) is 0 Å². The number of aromatic nitrogens is 4. The van der Waals surface area contributed by atoms with Gasteiger partial charge < -0.3 is 0 Å². The van der Waals surface area contributed by atoms with Gasteiger partial charge in [-0.05, 0) is 40.7 Å². The van der Waals surface area contributed by atoms with Gasteiger partial charge in [-0.1, -0.05) is 34.6 Å². The van der Waals surface area contributed by atoms with E-state index in [0.717, 1.165) is 5.92 Å². The Balaban J connectivity index is 1.66. The van der Waals surface area contributed by atoms with E-state index in [9.17, 15) is 0 Å². The molecule has 1 saturated carbocycles. The lowest BCUT2D eigenvalue weighted by Crippen LogP contribution is -2.18. The average molecular weight is 286 g/mol. The van der Waals surface area contributed by atoms with E-state index in [1.807, 2.05) is 18.6 Å². The molecule has 114 valence electrons. The smallest absolute Gasteiger partial charge is 0.0552 e. The molecule has 3 rings (SSSR count). The first-order chi connectivity index (χ1) is 9.77. The summed E-state index contributed by atoms with van der Waals surface area (Å²) in [6.07, 6.45) is 10.6. The van der Waals surface area contributed by atoms with Gasteiger partial charge in [-0.15, -0.1) is 0 Å². The van der Waals surface area contributed by atoms with Gasteiger partial charge in [0.05, 0.1) is 18.4 Å². The largest absolute Gasteiger partial charge is 0.285 e. The number of nitrogens with zero attached hydrogens (tertiary/aromatic N) is 3.